The van der Waals surface area contributed by atoms with Crippen molar-refractivity contribution in [1.29, 1.82) is 5.41 Å². The fourth-order valence-electron chi connectivity index (χ4n) is 1.33. The molecule has 1 nitrogen and oxygen atoms in total. The van der Waals surface area contributed by atoms with Gasteiger partial charge < -0.3 is 5.41 Å². The summed E-state index contributed by atoms with van der Waals surface area (Å²) in [6, 6.07) is 0. The Hall–Kier alpha value is -0.633. The van der Waals surface area contributed by atoms with Gasteiger partial charge in [0.05, 0.1) is 8.07 Å². The molecule has 0 amide bonds. The van der Waals surface area contributed by atoms with E-state index in [1.54, 1.807) is 0 Å². The van der Waals surface area contributed by atoms with E-state index >= 15 is 0 Å². The van der Waals surface area contributed by atoms with Crippen molar-refractivity contribution >= 4 is 13.8 Å². The minimum absolute atomic E-state index is 0.733. The van der Waals surface area contributed by atoms with Crippen LogP contribution >= 0.6 is 0 Å². The van der Waals surface area contributed by atoms with Crippen molar-refractivity contribution in [1.82, 2.24) is 0 Å². The molecule has 0 heterocycles. The minimum atomic E-state index is -1.17. The van der Waals surface area contributed by atoms with Gasteiger partial charge in [0.25, 0.3) is 0 Å². The summed E-state index contributed by atoms with van der Waals surface area (Å²) in [7, 11) is -1.17. The van der Waals surface area contributed by atoms with E-state index in [-0.39, 0.29) is 0 Å². The third kappa shape index (κ3) is 6.84. The van der Waals surface area contributed by atoms with Crippen molar-refractivity contribution < 1.29 is 0 Å². The Morgan fingerprint density at radius 3 is 2.29 bits per heavy atom. The predicted octanol–water partition coefficient (Wildman–Crippen LogP) is 4.19. The second-order valence-electron chi connectivity index (χ2n) is 4.84. The Bertz CT molecular complexity index is 233. The average Bonchev–Trinajstić information content (AvgIpc) is 2.00. The second-order valence-corrected chi connectivity index (χ2v) is 9.86. The van der Waals surface area contributed by atoms with Crippen LogP contribution in [0.4, 0.5) is 0 Å². The van der Waals surface area contributed by atoms with Crippen molar-refractivity contribution in [3.63, 3.8) is 0 Å². The van der Waals surface area contributed by atoms with Gasteiger partial charge in [-0.15, -0.1) is 6.58 Å². The van der Waals surface area contributed by atoms with Crippen molar-refractivity contribution in [3.05, 3.63) is 23.9 Å². The van der Waals surface area contributed by atoms with E-state index in [4.69, 9.17) is 5.41 Å². The van der Waals surface area contributed by atoms with Gasteiger partial charge in [-0.2, -0.15) is 0 Å². The summed E-state index contributed by atoms with van der Waals surface area (Å²) in [5, 5.41) is 7.70. The van der Waals surface area contributed by atoms with Crippen LogP contribution in [0.2, 0.25) is 19.6 Å². The summed E-state index contributed by atoms with van der Waals surface area (Å²) in [6.07, 6.45) is 5.16. The molecule has 0 aromatic heterocycles. The lowest BCUT2D eigenvalue weighted by molar-refractivity contribution is 0.853. The van der Waals surface area contributed by atoms with Gasteiger partial charge in [-0.3, -0.25) is 0 Å². The number of nitrogens with one attached hydrogen (secondary N) is 1. The quantitative estimate of drug-likeness (QED) is 0.294. The fourth-order valence-corrected chi connectivity index (χ4v) is 2.73. The van der Waals surface area contributed by atoms with Crippen LogP contribution in [-0.4, -0.2) is 13.8 Å². The molecule has 0 aliphatic heterocycles. The first kappa shape index (κ1) is 13.4. The zero-order valence-corrected chi connectivity index (χ0v) is 11.0. The zero-order valence-electron chi connectivity index (χ0n) is 9.98. The van der Waals surface area contributed by atoms with E-state index in [9.17, 15) is 0 Å². The normalized spacial score (nSPS) is 12.7. The molecule has 0 saturated carbocycles. The zero-order chi connectivity index (χ0) is 11.2. The van der Waals surface area contributed by atoms with E-state index in [1.165, 1.54) is 5.57 Å². The molecule has 2 heteroatoms. The Balaban J connectivity index is 4.37. The van der Waals surface area contributed by atoms with Gasteiger partial charge in [-0.25, -0.2) is 0 Å². The average molecular weight is 209 g/mol. The maximum Gasteiger partial charge on any atom is 0.0691 e. The summed E-state index contributed by atoms with van der Waals surface area (Å²) >= 11 is 0. The fraction of sp³-hybridized carbons (Fsp3) is 0.583. The van der Waals surface area contributed by atoms with Crippen molar-refractivity contribution in [2.45, 2.75) is 45.8 Å². The number of hydrogen-bond donors (Lipinski definition) is 1. The highest BCUT2D eigenvalue weighted by atomic mass is 28.3. The maximum atomic E-state index is 7.70. The van der Waals surface area contributed by atoms with E-state index < -0.39 is 8.07 Å². The van der Waals surface area contributed by atoms with E-state index in [0.29, 0.717) is 0 Å². The maximum absolute atomic E-state index is 7.70. The molecule has 0 aromatic rings. The number of rotatable bonds is 6. The summed E-state index contributed by atoms with van der Waals surface area (Å²) < 4.78 is 0. The molecule has 0 unspecified atom stereocenters. The van der Waals surface area contributed by atoms with Crippen molar-refractivity contribution in [3.8, 4) is 0 Å². The molecule has 1 N–H and O–H groups in total. The SMILES string of the molecule is C=CCCCC(=C[Si](C)(C)C)C(C)=N. The largest absolute Gasteiger partial charge is 0.305 e. The Kier molecular flexibility index (Phi) is 5.70. The number of allylic oxidation sites excluding steroid dienone is 2. The van der Waals surface area contributed by atoms with Gasteiger partial charge in [0.15, 0.2) is 0 Å². The van der Waals surface area contributed by atoms with Gasteiger partial charge in [0, 0.05) is 5.71 Å². The predicted molar refractivity (Wildman–Crippen MR) is 68.9 cm³/mol. The van der Waals surface area contributed by atoms with Gasteiger partial charge >= 0.3 is 0 Å². The number of hydrogen-bond acceptors (Lipinski definition) is 1. The van der Waals surface area contributed by atoms with Gasteiger partial charge in [-0.1, -0.05) is 31.4 Å². The molecule has 0 radical (unpaired) electrons. The Morgan fingerprint density at radius 1 is 1.36 bits per heavy atom. The highest BCUT2D eigenvalue weighted by molar-refractivity contribution is 6.81. The molecule has 0 saturated heterocycles. The van der Waals surface area contributed by atoms with Crippen LogP contribution in [0.25, 0.3) is 0 Å². The molecule has 14 heavy (non-hydrogen) atoms. The first-order valence-electron chi connectivity index (χ1n) is 5.25. The molecular weight excluding hydrogens is 186 g/mol. The third-order valence-corrected chi connectivity index (χ3v) is 3.16. The van der Waals surface area contributed by atoms with E-state index in [0.717, 1.165) is 25.0 Å². The second kappa shape index (κ2) is 5.97. The van der Waals surface area contributed by atoms with Crippen molar-refractivity contribution in [2.24, 2.45) is 0 Å². The monoisotopic (exact) mass is 209 g/mol. The highest BCUT2D eigenvalue weighted by Crippen LogP contribution is 2.14. The van der Waals surface area contributed by atoms with E-state index in [2.05, 4.69) is 31.9 Å². The number of unbranched alkanes of at least 4 members (excludes halogenated alkanes) is 1. The van der Waals surface area contributed by atoms with Crippen LogP contribution in [0.3, 0.4) is 0 Å². The van der Waals surface area contributed by atoms with Gasteiger partial charge in [-0.05, 0) is 31.8 Å². The summed E-state index contributed by atoms with van der Waals surface area (Å²) in [6.45, 7) is 12.5. The first-order chi connectivity index (χ1) is 6.37. The highest BCUT2D eigenvalue weighted by Gasteiger charge is 2.11. The van der Waals surface area contributed by atoms with Gasteiger partial charge in [0.2, 0.25) is 0 Å². The molecule has 0 aliphatic rings. The van der Waals surface area contributed by atoms with Crippen LogP contribution in [-0.2, 0) is 0 Å². The topological polar surface area (TPSA) is 23.9 Å². The lowest BCUT2D eigenvalue weighted by Crippen LogP contribution is -2.18. The van der Waals surface area contributed by atoms with Gasteiger partial charge in [0.1, 0.15) is 0 Å². The lowest BCUT2D eigenvalue weighted by atomic mass is 10.1. The van der Waals surface area contributed by atoms with Crippen LogP contribution in [0.1, 0.15) is 26.2 Å². The first-order valence-corrected chi connectivity index (χ1v) is 8.82. The Morgan fingerprint density at radius 2 is 1.93 bits per heavy atom. The molecule has 0 aliphatic carbocycles. The van der Waals surface area contributed by atoms with Crippen LogP contribution < -0.4 is 0 Å². The van der Waals surface area contributed by atoms with Crippen LogP contribution in [0.15, 0.2) is 23.9 Å². The Labute approximate surface area is 89.4 Å². The minimum Gasteiger partial charge on any atom is -0.305 e. The third-order valence-electron chi connectivity index (χ3n) is 1.94. The van der Waals surface area contributed by atoms with E-state index in [1.807, 2.05) is 13.0 Å². The molecule has 0 bridgehead atoms. The molecule has 0 aromatic carbocycles. The smallest absolute Gasteiger partial charge is 0.0691 e. The summed E-state index contributed by atoms with van der Waals surface area (Å²) in [5.41, 5.74) is 4.32. The van der Waals surface area contributed by atoms with Crippen LogP contribution in [0.5, 0.6) is 0 Å². The van der Waals surface area contributed by atoms with Crippen molar-refractivity contribution in [2.75, 3.05) is 0 Å². The molecule has 0 spiro atoms. The standard InChI is InChI=1S/C12H23NSi/c1-6-7-8-9-12(11(2)13)10-14(3,4)5/h6,10,13H,1,7-9H2,2-5H3. The summed E-state index contributed by atoms with van der Waals surface area (Å²) in [5.74, 6) is 0. The molecule has 0 fully saturated rings. The van der Waals surface area contributed by atoms with Crippen LogP contribution in [0, 0.1) is 5.41 Å². The summed E-state index contributed by atoms with van der Waals surface area (Å²) in [4.78, 5) is 0. The molecule has 80 valence electrons. The molecule has 0 rings (SSSR count). The molecule has 0 atom stereocenters. The lowest BCUT2D eigenvalue weighted by Gasteiger charge is -2.13. The molecular formula is C12H23NSi.